The molecule has 1 atom stereocenters. The Balaban J connectivity index is 2.12. The van der Waals surface area contributed by atoms with Crippen molar-refractivity contribution in [1.29, 1.82) is 0 Å². The lowest BCUT2D eigenvalue weighted by molar-refractivity contribution is -0.141. The third kappa shape index (κ3) is 7.84. The Kier molecular flexibility index (Phi) is 8.72. The van der Waals surface area contributed by atoms with Gasteiger partial charge in [-0.2, -0.15) is 0 Å². The van der Waals surface area contributed by atoms with E-state index in [0.717, 1.165) is 6.42 Å². The first-order valence-electron chi connectivity index (χ1n) is 7.06. The maximum absolute atomic E-state index is 11.9. The van der Waals surface area contributed by atoms with Gasteiger partial charge in [-0.25, -0.2) is 4.79 Å². The van der Waals surface area contributed by atoms with Crippen LogP contribution in [0.5, 0.6) is 0 Å². The first-order chi connectivity index (χ1) is 10.1. The number of urea groups is 1. The van der Waals surface area contributed by atoms with Gasteiger partial charge in [0.1, 0.15) is 0 Å². The molecule has 21 heavy (non-hydrogen) atoms. The van der Waals surface area contributed by atoms with Crippen molar-refractivity contribution in [2.45, 2.75) is 18.9 Å². The van der Waals surface area contributed by atoms with Crippen LogP contribution < -0.4 is 5.32 Å². The van der Waals surface area contributed by atoms with Gasteiger partial charge in [0.05, 0.1) is 32.3 Å². The number of aliphatic carboxylic acids is 1. The van der Waals surface area contributed by atoms with E-state index in [-0.39, 0.29) is 12.5 Å². The highest BCUT2D eigenvalue weighted by Crippen LogP contribution is 2.08. The summed E-state index contributed by atoms with van der Waals surface area (Å²) in [7, 11) is 1.61. The number of carbonyl (C=O) groups is 2. The molecule has 1 heterocycles. The van der Waals surface area contributed by atoms with Gasteiger partial charge >= 0.3 is 12.0 Å². The zero-order valence-electron chi connectivity index (χ0n) is 12.4. The van der Waals surface area contributed by atoms with E-state index < -0.39 is 12.1 Å². The van der Waals surface area contributed by atoms with Gasteiger partial charge in [-0.15, -0.1) is 0 Å². The molecule has 1 fully saturated rings. The number of amides is 2. The number of nitrogens with zero attached hydrogens (tertiary/aromatic N) is 1. The van der Waals surface area contributed by atoms with E-state index in [1.807, 2.05) is 0 Å². The maximum Gasteiger partial charge on any atom is 0.317 e. The highest BCUT2D eigenvalue weighted by molar-refractivity contribution is 5.74. The van der Waals surface area contributed by atoms with E-state index in [4.69, 9.17) is 19.3 Å². The Morgan fingerprint density at radius 1 is 1.38 bits per heavy atom. The summed E-state index contributed by atoms with van der Waals surface area (Å²) in [6.45, 7) is 3.34. The van der Waals surface area contributed by atoms with Crippen LogP contribution in [0.15, 0.2) is 0 Å². The van der Waals surface area contributed by atoms with Crippen LogP contribution in [0.1, 0.15) is 12.8 Å². The van der Waals surface area contributed by atoms with Crippen LogP contribution in [0.3, 0.4) is 0 Å². The average Bonchev–Trinajstić information content (AvgIpc) is 2.45. The molecule has 1 aliphatic rings. The summed E-state index contributed by atoms with van der Waals surface area (Å²) in [5, 5.41) is 11.5. The van der Waals surface area contributed by atoms with E-state index in [1.165, 1.54) is 0 Å². The summed E-state index contributed by atoms with van der Waals surface area (Å²) in [4.78, 5) is 24.1. The van der Waals surface area contributed by atoms with Gasteiger partial charge in [0.25, 0.3) is 0 Å². The van der Waals surface area contributed by atoms with Crippen molar-refractivity contribution in [1.82, 2.24) is 10.2 Å². The molecule has 0 saturated carbocycles. The van der Waals surface area contributed by atoms with Crippen molar-refractivity contribution in [3.63, 3.8) is 0 Å². The van der Waals surface area contributed by atoms with E-state index in [9.17, 15) is 9.59 Å². The minimum Gasteiger partial charge on any atom is -0.481 e. The molecular formula is C13H24N2O6. The summed E-state index contributed by atoms with van der Waals surface area (Å²) in [5.74, 6) is -0.921. The van der Waals surface area contributed by atoms with Gasteiger partial charge in [-0.05, 0) is 6.42 Å². The summed E-state index contributed by atoms with van der Waals surface area (Å²) < 4.78 is 15.5. The molecule has 1 rings (SSSR count). The Morgan fingerprint density at radius 2 is 2.19 bits per heavy atom. The predicted octanol–water partition coefficient (Wildman–Crippen LogP) is -0.0754. The fourth-order valence-corrected chi connectivity index (χ4v) is 1.95. The van der Waals surface area contributed by atoms with Gasteiger partial charge in [0.15, 0.2) is 0 Å². The molecule has 0 aromatic heterocycles. The summed E-state index contributed by atoms with van der Waals surface area (Å²) in [6, 6.07) is -0.189. The van der Waals surface area contributed by atoms with E-state index >= 15 is 0 Å². The minimum absolute atomic E-state index is 0.0862. The van der Waals surface area contributed by atoms with Crippen LogP contribution in [-0.2, 0) is 19.0 Å². The van der Waals surface area contributed by atoms with Crippen LogP contribution in [0.2, 0.25) is 0 Å². The molecule has 1 saturated heterocycles. The van der Waals surface area contributed by atoms with E-state index in [1.54, 1.807) is 12.0 Å². The van der Waals surface area contributed by atoms with Crippen molar-refractivity contribution in [3.8, 4) is 0 Å². The molecule has 1 unspecified atom stereocenters. The number of morpholine rings is 1. The molecule has 122 valence electrons. The molecule has 0 aliphatic carbocycles. The molecule has 8 nitrogen and oxygen atoms in total. The fraction of sp³-hybridized carbons (Fsp3) is 0.846. The van der Waals surface area contributed by atoms with Crippen LogP contribution in [-0.4, -0.2) is 81.3 Å². The van der Waals surface area contributed by atoms with Crippen LogP contribution in [0, 0.1) is 0 Å². The molecule has 8 heteroatoms. The second-order valence-electron chi connectivity index (χ2n) is 4.73. The lowest BCUT2D eigenvalue weighted by atomic mass is 10.2. The quantitative estimate of drug-likeness (QED) is 0.579. The summed E-state index contributed by atoms with van der Waals surface area (Å²) in [6.07, 6.45) is 0.203. The zero-order chi connectivity index (χ0) is 15.5. The number of hydrogen-bond donors (Lipinski definition) is 2. The molecule has 1 aliphatic heterocycles. The number of rotatable bonds is 9. The van der Waals surface area contributed by atoms with Gasteiger partial charge in [-0.1, -0.05) is 0 Å². The smallest absolute Gasteiger partial charge is 0.317 e. The standard InChI is InChI=1S/C13H24N2O6/c1-19-7-8-20-5-2-3-14-13(18)15-4-6-21-11(10-15)9-12(16)17/h11H,2-10H2,1H3,(H,14,18)(H,16,17). The van der Waals surface area contributed by atoms with Crippen molar-refractivity contribution in [2.24, 2.45) is 0 Å². The average molecular weight is 304 g/mol. The Morgan fingerprint density at radius 3 is 2.90 bits per heavy atom. The lowest BCUT2D eigenvalue weighted by Crippen LogP contribution is -2.50. The third-order valence-electron chi connectivity index (χ3n) is 3.00. The predicted molar refractivity (Wildman–Crippen MR) is 74.3 cm³/mol. The van der Waals surface area contributed by atoms with Gasteiger partial charge < -0.3 is 29.5 Å². The van der Waals surface area contributed by atoms with Crippen molar-refractivity contribution >= 4 is 12.0 Å². The summed E-state index contributed by atoms with van der Waals surface area (Å²) >= 11 is 0. The van der Waals surface area contributed by atoms with Crippen molar-refractivity contribution < 1.29 is 28.9 Å². The Bertz CT molecular complexity index is 326. The Hall–Kier alpha value is -1.38. The third-order valence-corrected chi connectivity index (χ3v) is 3.00. The fourth-order valence-electron chi connectivity index (χ4n) is 1.95. The minimum atomic E-state index is -0.921. The van der Waals surface area contributed by atoms with Crippen LogP contribution in [0.25, 0.3) is 0 Å². The number of carbonyl (C=O) groups excluding carboxylic acids is 1. The van der Waals surface area contributed by atoms with Gasteiger partial charge in [0.2, 0.25) is 0 Å². The summed E-state index contributed by atoms with van der Waals surface area (Å²) in [5.41, 5.74) is 0. The molecule has 2 amide bonds. The van der Waals surface area contributed by atoms with Gasteiger partial charge in [0, 0.05) is 33.4 Å². The van der Waals surface area contributed by atoms with Crippen LogP contribution in [0.4, 0.5) is 4.79 Å². The highest BCUT2D eigenvalue weighted by Gasteiger charge is 2.25. The molecule has 0 spiro atoms. The van der Waals surface area contributed by atoms with Crippen molar-refractivity contribution in [3.05, 3.63) is 0 Å². The topological polar surface area (TPSA) is 97.3 Å². The lowest BCUT2D eigenvalue weighted by Gasteiger charge is -2.32. The number of ether oxygens (including phenoxy) is 3. The number of nitrogens with one attached hydrogen (secondary N) is 1. The molecular weight excluding hydrogens is 280 g/mol. The number of carboxylic acid groups (broad SMARTS) is 1. The normalized spacial score (nSPS) is 18.5. The Labute approximate surface area is 124 Å². The van der Waals surface area contributed by atoms with E-state index in [2.05, 4.69) is 5.32 Å². The second-order valence-corrected chi connectivity index (χ2v) is 4.73. The highest BCUT2D eigenvalue weighted by atomic mass is 16.5. The number of carboxylic acids is 1. The maximum atomic E-state index is 11.9. The number of methoxy groups -OCH3 is 1. The molecule has 2 N–H and O–H groups in total. The largest absolute Gasteiger partial charge is 0.481 e. The van der Waals surface area contributed by atoms with E-state index in [0.29, 0.717) is 46.1 Å². The zero-order valence-corrected chi connectivity index (χ0v) is 12.4. The SMILES string of the molecule is COCCOCCCNC(=O)N1CCOC(CC(=O)O)C1. The van der Waals surface area contributed by atoms with Crippen LogP contribution >= 0.6 is 0 Å². The molecule has 0 aromatic rings. The second kappa shape index (κ2) is 10.4. The first-order valence-corrected chi connectivity index (χ1v) is 7.06. The van der Waals surface area contributed by atoms with Gasteiger partial charge in [-0.3, -0.25) is 4.79 Å². The van der Waals surface area contributed by atoms with Crippen molar-refractivity contribution in [2.75, 3.05) is 53.2 Å². The number of hydrogen-bond acceptors (Lipinski definition) is 5. The molecule has 0 radical (unpaired) electrons. The first kappa shape index (κ1) is 17.7. The molecule has 0 aromatic carbocycles. The molecule has 0 bridgehead atoms. The monoisotopic (exact) mass is 304 g/mol.